The first-order valence-corrected chi connectivity index (χ1v) is 9.64. The van der Waals surface area contributed by atoms with E-state index < -0.39 is 0 Å². The van der Waals surface area contributed by atoms with Gasteiger partial charge in [0.1, 0.15) is 11.6 Å². The zero-order valence-corrected chi connectivity index (χ0v) is 15.8. The molecular formula is C19H23ClFN5O. The molecule has 1 unspecified atom stereocenters. The van der Waals surface area contributed by atoms with Gasteiger partial charge in [0, 0.05) is 55.5 Å². The van der Waals surface area contributed by atoms with Crippen LogP contribution in [0.3, 0.4) is 0 Å². The molecule has 0 amide bonds. The molecule has 8 heteroatoms. The van der Waals surface area contributed by atoms with Crippen molar-refractivity contribution in [2.24, 2.45) is 0 Å². The largest absolute Gasteiger partial charge is 0.378 e. The quantitative estimate of drug-likeness (QED) is 0.845. The smallest absolute Gasteiger partial charge is 0.224 e. The van der Waals surface area contributed by atoms with E-state index in [1.54, 1.807) is 18.3 Å². The molecule has 2 aliphatic rings. The Morgan fingerprint density at radius 2 is 2.07 bits per heavy atom. The molecular weight excluding hydrogens is 369 g/mol. The van der Waals surface area contributed by atoms with E-state index in [1.165, 1.54) is 6.07 Å². The SMILES string of the molecule is Fc1cccc(Cl)c1CN1CCC(Nc2nccc(N3CCOCC3)n2)C1. The molecule has 0 spiro atoms. The van der Waals surface area contributed by atoms with E-state index in [9.17, 15) is 4.39 Å². The van der Waals surface area contributed by atoms with Crippen LogP contribution in [0, 0.1) is 5.82 Å². The van der Waals surface area contributed by atoms with Gasteiger partial charge in [0.15, 0.2) is 0 Å². The number of aromatic nitrogens is 2. The molecule has 6 nitrogen and oxygen atoms in total. The fourth-order valence-electron chi connectivity index (χ4n) is 3.57. The van der Waals surface area contributed by atoms with Crippen LogP contribution in [0.4, 0.5) is 16.2 Å². The molecule has 0 bridgehead atoms. The Kier molecular flexibility index (Phi) is 5.71. The van der Waals surface area contributed by atoms with E-state index in [2.05, 4.69) is 25.1 Å². The Morgan fingerprint density at radius 1 is 1.22 bits per heavy atom. The molecule has 144 valence electrons. The first kappa shape index (κ1) is 18.4. The lowest BCUT2D eigenvalue weighted by molar-refractivity contribution is 0.122. The number of anilines is 2. The van der Waals surface area contributed by atoms with E-state index >= 15 is 0 Å². The van der Waals surface area contributed by atoms with Gasteiger partial charge < -0.3 is 15.0 Å². The number of ether oxygens (including phenoxy) is 1. The summed E-state index contributed by atoms with van der Waals surface area (Å²) in [5.41, 5.74) is 0.561. The molecule has 0 aliphatic carbocycles. The molecule has 0 saturated carbocycles. The number of hydrogen-bond donors (Lipinski definition) is 1. The Labute approximate surface area is 163 Å². The van der Waals surface area contributed by atoms with Crippen LogP contribution in [0.5, 0.6) is 0 Å². The van der Waals surface area contributed by atoms with Crippen molar-refractivity contribution in [3.63, 3.8) is 0 Å². The zero-order chi connectivity index (χ0) is 18.6. The first-order valence-electron chi connectivity index (χ1n) is 9.26. The number of benzene rings is 1. The van der Waals surface area contributed by atoms with Crippen LogP contribution in [0.2, 0.25) is 5.02 Å². The molecule has 2 aliphatic heterocycles. The molecule has 0 radical (unpaired) electrons. The average molecular weight is 392 g/mol. The van der Waals surface area contributed by atoms with E-state index in [4.69, 9.17) is 16.3 Å². The summed E-state index contributed by atoms with van der Waals surface area (Å²) in [6, 6.07) is 6.98. The van der Waals surface area contributed by atoms with Crippen LogP contribution >= 0.6 is 11.6 Å². The Balaban J connectivity index is 1.36. The van der Waals surface area contributed by atoms with Crippen LogP contribution in [-0.2, 0) is 11.3 Å². The maximum absolute atomic E-state index is 14.0. The maximum atomic E-state index is 14.0. The number of nitrogens with zero attached hydrogens (tertiary/aromatic N) is 4. The fraction of sp³-hybridized carbons (Fsp3) is 0.474. The minimum Gasteiger partial charge on any atom is -0.378 e. The van der Waals surface area contributed by atoms with Crippen molar-refractivity contribution < 1.29 is 9.13 Å². The topological polar surface area (TPSA) is 53.5 Å². The molecule has 27 heavy (non-hydrogen) atoms. The highest BCUT2D eigenvalue weighted by molar-refractivity contribution is 6.31. The van der Waals surface area contributed by atoms with Gasteiger partial charge in [0.2, 0.25) is 5.95 Å². The second-order valence-electron chi connectivity index (χ2n) is 6.90. The monoisotopic (exact) mass is 391 g/mol. The molecule has 3 heterocycles. The molecule has 1 aromatic heterocycles. The van der Waals surface area contributed by atoms with Crippen molar-refractivity contribution in [1.82, 2.24) is 14.9 Å². The van der Waals surface area contributed by atoms with Crippen molar-refractivity contribution in [2.75, 3.05) is 49.6 Å². The third-order valence-corrected chi connectivity index (χ3v) is 5.38. The lowest BCUT2D eigenvalue weighted by atomic mass is 10.2. The van der Waals surface area contributed by atoms with E-state index in [1.807, 2.05) is 6.07 Å². The molecule has 2 saturated heterocycles. The second kappa shape index (κ2) is 8.37. The summed E-state index contributed by atoms with van der Waals surface area (Å²) >= 11 is 6.15. The first-order chi connectivity index (χ1) is 13.2. The molecule has 1 N–H and O–H groups in total. The average Bonchev–Trinajstić information content (AvgIpc) is 3.13. The summed E-state index contributed by atoms with van der Waals surface area (Å²) in [7, 11) is 0. The summed E-state index contributed by atoms with van der Waals surface area (Å²) in [5, 5.41) is 3.90. The summed E-state index contributed by atoms with van der Waals surface area (Å²) in [6.07, 6.45) is 2.74. The summed E-state index contributed by atoms with van der Waals surface area (Å²) in [5.74, 6) is 1.30. The van der Waals surface area contributed by atoms with Gasteiger partial charge in [-0.05, 0) is 24.6 Å². The predicted octanol–water partition coefficient (Wildman–Crippen LogP) is 2.79. The normalized spacial score (nSPS) is 20.8. The van der Waals surface area contributed by atoms with Gasteiger partial charge in [-0.15, -0.1) is 0 Å². The van der Waals surface area contributed by atoms with Gasteiger partial charge in [-0.2, -0.15) is 4.98 Å². The molecule has 2 fully saturated rings. The predicted molar refractivity (Wildman–Crippen MR) is 104 cm³/mol. The highest BCUT2D eigenvalue weighted by Gasteiger charge is 2.25. The van der Waals surface area contributed by atoms with Crippen LogP contribution in [0.1, 0.15) is 12.0 Å². The number of rotatable bonds is 5. The highest BCUT2D eigenvalue weighted by atomic mass is 35.5. The van der Waals surface area contributed by atoms with Gasteiger partial charge in [-0.3, -0.25) is 4.90 Å². The Morgan fingerprint density at radius 3 is 2.89 bits per heavy atom. The van der Waals surface area contributed by atoms with Crippen molar-refractivity contribution in [2.45, 2.75) is 19.0 Å². The summed E-state index contributed by atoms with van der Waals surface area (Å²) < 4.78 is 19.4. The van der Waals surface area contributed by atoms with Gasteiger partial charge in [0.05, 0.1) is 13.2 Å². The van der Waals surface area contributed by atoms with Crippen LogP contribution < -0.4 is 10.2 Å². The fourth-order valence-corrected chi connectivity index (χ4v) is 3.79. The summed E-state index contributed by atoms with van der Waals surface area (Å²) in [6.45, 7) is 5.33. The Hall–Kier alpha value is -1.96. The standard InChI is InChI=1S/C19H23ClFN5O/c20-16-2-1-3-17(21)15(16)13-25-7-5-14(12-25)23-19-22-6-4-18(24-19)26-8-10-27-11-9-26/h1-4,6,14H,5,7-13H2,(H,22,23,24). The lowest BCUT2D eigenvalue weighted by Gasteiger charge is -2.28. The third-order valence-electron chi connectivity index (χ3n) is 5.02. The highest BCUT2D eigenvalue weighted by Crippen LogP contribution is 2.24. The minimum atomic E-state index is -0.250. The molecule has 1 aromatic carbocycles. The van der Waals surface area contributed by atoms with E-state index in [-0.39, 0.29) is 11.9 Å². The Bertz CT molecular complexity index is 766. The van der Waals surface area contributed by atoms with E-state index in [0.717, 1.165) is 51.6 Å². The van der Waals surface area contributed by atoms with Crippen molar-refractivity contribution in [3.8, 4) is 0 Å². The van der Waals surface area contributed by atoms with Crippen molar-refractivity contribution in [1.29, 1.82) is 0 Å². The number of halogens is 2. The number of likely N-dealkylation sites (tertiary alicyclic amines) is 1. The molecule has 1 atom stereocenters. The van der Waals surface area contributed by atoms with Crippen LogP contribution in [0.15, 0.2) is 30.5 Å². The molecule has 2 aromatic rings. The van der Waals surface area contributed by atoms with Crippen LogP contribution in [-0.4, -0.2) is 60.3 Å². The van der Waals surface area contributed by atoms with Gasteiger partial charge >= 0.3 is 0 Å². The van der Waals surface area contributed by atoms with Gasteiger partial charge in [-0.25, -0.2) is 9.37 Å². The van der Waals surface area contributed by atoms with Crippen molar-refractivity contribution >= 4 is 23.4 Å². The lowest BCUT2D eigenvalue weighted by Crippen LogP contribution is -2.37. The van der Waals surface area contributed by atoms with E-state index in [0.29, 0.717) is 23.1 Å². The van der Waals surface area contributed by atoms with Gasteiger partial charge in [-0.1, -0.05) is 17.7 Å². The van der Waals surface area contributed by atoms with Gasteiger partial charge in [0.25, 0.3) is 0 Å². The zero-order valence-electron chi connectivity index (χ0n) is 15.1. The number of hydrogen-bond acceptors (Lipinski definition) is 6. The summed E-state index contributed by atoms with van der Waals surface area (Å²) in [4.78, 5) is 13.4. The van der Waals surface area contributed by atoms with Crippen LogP contribution in [0.25, 0.3) is 0 Å². The number of morpholine rings is 1. The number of nitrogens with one attached hydrogen (secondary N) is 1. The molecule has 4 rings (SSSR count). The second-order valence-corrected chi connectivity index (χ2v) is 7.31. The maximum Gasteiger partial charge on any atom is 0.224 e. The minimum absolute atomic E-state index is 0.232. The van der Waals surface area contributed by atoms with Crippen molar-refractivity contribution in [3.05, 3.63) is 46.9 Å². The third kappa shape index (κ3) is 4.48.